The molecule has 2 aromatic rings. The van der Waals surface area contributed by atoms with Crippen molar-refractivity contribution >= 4 is 28.8 Å². The highest BCUT2D eigenvalue weighted by molar-refractivity contribution is 7.08. The molecule has 126 valence electrons. The number of carbonyl (C=O) groups is 2. The van der Waals surface area contributed by atoms with Crippen molar-refractivity contribution in [2.75, 3.05) is 31.5 Å². The molecule has 2 N–H and O–H groups in total. The van der Waals surface area contributed by atoms with Crippen LogP contribution in [0.3, 0.4) is 0 Å². The highest BCUT2D eigenvalue weighted by Crippen LogP contribution is 2.13. The number of hydrogen-bond acceptors (Lipinski definition) is 4. The van der Waals surface area contributed by atoms with Crippen LogP contribution >= 0.6 is 11.3 Å². The highest BCUT2D eigenvalue weighted by Gasteiger charge is 2.12. The molecule has 0 bridgehead atoms. The standard InChI is InChI=1S/C18H21N3O2S/c22-17(19-8-11-21-9-1-2-10-21)14-3-5-16(6-4-14)20-18(23)15-7-12-24-13-15/h3-7,12-13H,1-2,8-11H2,(H,19,22)(H,20,23). The lowest BCUT2D eigenvalue weighted by atomic mass is 10.2. The molecule has 1 aliphatic rings. The van der Waals surface area contributed by atoms with E-state index >= 15 is 0 Å². The van der Waals surface area contributed by atoms with Crippen LogP contribution in [-0.4, -0.2) is 42.9 Å². The Morgan fingerprint density at radius 2 is 1.75 bits per heavy atom. The maximum atomic E-state index is 12.1. The molecule has 2 amide bonds. The second-order valence-electron chi connectivity index (χ2n) is 5.85. The third-order valence-corrected chi connectivity index (χ3v) is 4.78. The molecule has 0 atom stereocenters. The maximum Gasteiger partial charge on any atom is 0.256 e. The lowest BCUT2D eigenvalue weighted by Crippen LogP contribution is -2.33. The number of carbonyl (C=O) groups excluding carboxylic acids is 2. The molecule has 24 heavy (non-hydrogen) atoms. The lowest BCUT2D eigenvalue weighted by Gasteiger charge is -2.14. The number of hydrogen-bond donors (Lipinski definition) is 2. The molecule has 1 fully saturated rings. The monoisotopic (exact) mass is 343 g/mol. The fourth-order valence-corrected chi connectivity index (χ4v) is 3.37. The predicted octanol–water partition coefficient (Wildman–Crippen LogP) is 2.83. The lowest BCUT2D eigenvalue weighted by molar-refractivity contribution is 0.0949. The van der Waals surface area contributed by atoms with Crippen LogP contribution in [-0.2, 0) is 0 Å². The summed E-state index contributed by atoms with van der Waals surface area (Å²) in [4.78, 5) is 26.5. The van der Waals surface area contributed by atoms with E-state index in [2.05, 4.69) is 15.5 Å². The first-order valence-electron chi connectivity index (χ1n) is 8.16. The van der Waals surface area contributed by atoms with Crippen molar-refractivity contribution in [1.82, 2.24) is 10.2 Å². The van der Waals surface area contributed by atoms with Gasteiger partial charge in [-0.2, -0.15) is 11.3 Å². The van der Waals surface area contributed by atoms with Crippen molar-refractivity contribution in [3.8, 4) is 0 Å². The van der Waals surface area contributed by atoms with Crippen LogP contribution < -0.4 is 10.6 Å². The van der Waals surface area contributed by atoms with E-state index in [1.165, 1.54) is 24.2 Å². The van der Waals surface area contributed by atoms with Gasteiger partial charge in [-0.05, 0) is 61.6 Å². The molecule has 0 saturated carbocycles. The van der Waals surface area contributed by atoms with E-state index in [0.717, 1.165) is 19.6 Å². The summed E-state index contributed by atoms with van der Waals surface area (Å²) in [5, 5.41) is 9.43. The molecule has 0 radical (unpaired) electrons. The summed E-state index contributed by atoms with van der Waals surface area (Å²) < 4.78 is 0. The third-order valence-electron chi connectivity index (χ3n) is 4.10. The Bertz CT molecular complexity index is 677. The van der Waals surface area contributed by atoms with Gasteiger partial charge in [0.1, 0.15) is 0 Å². The van der Waals surface area contributed by atoms with E-state index < -0.39 is 0 Å². The normalized spacial score (nSPS) is 14.5. The minimum Gasteiger partial charge on any atom is -0.351 e. The Labute approximate surface area is 145 Å². The predicted molar refractivity (Wildman–Crippen MR) is 96.7 cm³/mol. The Kier molecular flexibility index (Phi) is 5.61. The minimum absolute atomic E-state index is 0.0788. The quantitative estimate of drug-likeness (QED) is 0.848. The van der Waals surface area contributed by atoms with Gasteiger partial charge in [0.2, 0.25) is 0 Å². The summed E-state index contributed by atoms with van der Waals surface area (Å²) in [5.74, 6) is -0.219. The van der Waals surface area contributed by atoms with Crippen molar-refractivity contribution in [3.63, 3.8) is 0 Å². The van der Waals surface area contributed by atoms with Gasteiger partial charge in [-0.25, -0.2) is 0 Å². The molecule has 1 aromatic carbocycles. The summed E-state index contributed by atoms with van der Waals surface area (Å²) in [6.45, 7) is 3.83. The van der Waals surface area contributed by atoms with Crippen LogP contribution in [0.1, 0.15) is 33.6 Å². The van der Waals surface area contributed by atoms with Crippen molar-refractivity contribution in [3.05, 3.63) is 52.2 Å². The number of amides is 2. The third kappa shape index (κ3) is 4.43. The van der Waals surface area contributed by atoms with Gasteiger partial charge in [0.15, 0.2) is 0 Å². The first kappa shape index (κ1) is 16.7. The van der Waals surface area contributed by atoms with Crippen LogP contribution in [0.2, 0.25) is 0 Å². The van der Waals surface area contributed by atoms with Crippen molar-refractivity contribution < 1.29 is 9.59 Å². The van der Waals surface area contributed by atoms with E-state index in [-0.39, 0.29) is 11.8 Å². The van der Waals surface area contributed by atoms with Gasteiger partial charge >= 0.3 is 0 Å². The summed E-state index contributed by atoms with van der Waals surface area (Å²) in [6.07, 6.45) is 2.51. The Balaban J connectivity index is 1.48. The van der Waals surface area contributed by atoms with Gasteiger partial charge in [0, 0.05) is 29.7 Å². The molecule has 0 aliphatic carbocycles. The molecule has 0 unspecified atom stereocenters. The zero-order valence-corrected chi connectivity index (χ0v) is 14.3. The first-order valence-corrected chi connectivity index (χ1v) is 9.11. The molecule has 1 aromatic heterocycles. The Morgan fingerprint density at radius 1 is 1.00 bits per heavy atom. The average molecular weight is 343 g/mol. The second-order valence-corrected chi connectivity index (χ2v) is 6.63. The van der Waals surface area contributed by atoms with Crippen LogP contribution in [0, 0.1) is 0 Å². The van der Waals surface area contributed by atoms with E-state index in [4.69, 9.17) is 0 Å². The highest BCUT2D eigenvalue weighted by atomic mass is 32.1. The van der Waals surface area contributed by atoms with Crippen LogP contribution in [0.4, 0.5) is 5.69 Å². The maximum absolute atomic E-state index is 12.1. The number of nitrogens with zero attached hydrogens (tertiary/aromatic N) is 1. The first-order chi connectivity index (χ1) is 11.7. The summed E-state index contributed by atoms with van der Waals surface area (Å²) in [5.41, 5.74) is 1.92. The largest absolute Gasteiger partial charge is 0.351 e. The van der Waals surface area contributed by atoms with Crippen molar-refractivity contribution in [2.45, 2.75) is 12.8 Å². The topological polar surface area (TPSA) is 61.4 Å². The van der Waals surface area contributed by atoms with Crippen LogP contribution in [0.5, 0.6) is 0 Å². The van der Waals surface area contributed by atoms with E-state index in [1.807, 2.05) is 5.38 Å². The fraction of sp³-hybridized carbons (Fsp3) is 0.333. The van der Waals surface area contributed by atoms with Gasteiger partial charge in [0.25, 0.3) is 11.8 Å². The molecule has 1 saturated heterocycles. The fourth-order valence-electron chi connectivity index (χ4n) is 2.74. The van der Waals surface area contributed by atoms with E-state index in [0.29, 0.717) is 23.4 Å². The van der Waals surface area contributed by atoms with Crippen LogP contribution in [0.15, 0.2) is 41.1 Å². The molecule has 3 rings (SSSR count). The van der Waals surface area contributed by atoms with Crippen LogP contribution in [0.25, 0.3) is 0 Å². The molecule has 6 heteroatoms. The van der Waals surface area contributed by atoms with Gasteiger partial charge in [0.05, 0.1) is 5.56 Å². The zero-order chi connectivity index (χ0) is 16.8. The zero-order valence-electron chi connectivity index (χ0n) is 13.5. The molecule has 1 aliphatic heterocycles. The number of likely N-dealkylation sites (tertiary alicyclic amines) is 1. The van der Waals surface area contributed by atoms with E-state index in [9.17, 15) is 9.59 Å². The van der Waals surface area contributed by atoms with Crippen molar-refractivity contribution in [2.24, 2.45) is 0 Å². The summed E-state index contributed by atoms with van der Waals surface area (Å²) in [7, 11) is 0. The number of benzene rings is 1. The average Bonchev–Trinajstić information content (AvgIpc) is 3.29. The summed E-state index contributed by atoms with van der Waals surface area (Å²) in [6, 6.07) is 8.74. The number of rotatable bonds is 6. The molecular formula is C18H21N3O2S. The minimum atomic E-state index is -0.140. The van der Waals surface area contributed by atoms with Gasteiger partial charge in [-0.15, -0.1) is 0 Å². The SMILES string of the molecule is O=C(NCCN1CCCC1)c1ccc(NC(=O)c2ccsc2)cc1. The van der Waals surface area contributed by atoms with E-state index in [1.54, 1.807) is 35.7 Å². The molecule has 5 nitrogen and oxygen atoms in total. The molecular weight excluding hydrogens is 322 g/mol. The molecule has 0 spiro atoms. The van der Waals surface area contributed by atoms with Gasteiger partial charge in [-0.1, -0.05) is 0 Å². The van der Waals surface area contributed by atoms with Crippen molar-refractivity contribution in [1.29, 1.82) is 0 Å². The Hall–Kier alpha value is -2.18. The molecule has 2 heterocycles. The number of nitrogens with one attached hydrogen (secondary N) is 2. The number of anilines is 1. The number of thiophene rings is 1. The second kappa shape index (κ2) is 8.08. The van der Waals surface area contributed by atoms with Gasteiger partial charge in [-0.3, -0.25) is 9.59 Å². The Morgan fingerprint density at radius 3 is 2.42 bits per heavy atom. The summed E-state index contributed by atoms with van der Waals surface area (Å²) >= 11 is 1.48. The van der Waals surface area contributed by atoms with Gasteiger partial charge < -0.3 is 15.5 Å². The smallest absolute Gasteiger partial charge is 0.256 e.